The van der Waals surface area contributed by atoms with Crippen LogP contribution in [0.1, 0.15) is 66.8 Å². The maximum atomic E-state index is 12.8. The van der Waals surface area contributed by atoms with Gasteiger partial charge in [-0.1, -0.05) is 45.0 Å². The normalized spacial score (nSPS) is 20.7. The lowest BCUT2D eigenvalue weighted by molar-refractivity contribution is 0.0915. The average molecular weight is 320 g/mol. The zero-order valence-electron chi connectivity index (χ0n) is 14.6. The van der Waals surface area contributed by atoms with Crippen molar-refractivity contribution in [2.24, 2.45) is 5.41 Å². The quantitative estimate of drug-likeness (QED) is 0.901. The summed E-state index contributed by atoms with van der Waals surface area (Å²) >= 11 is 0. The number of pyridine rings is 1. The Bertz CT molecular complexity index is 799. The van der Waals surface area contributed by atoms with E-state index >= 15 is 0 Å². The molecule has 1 N–H and O–H groups in total. The van der Waals surface area contributed by atoms with Gasteiger partial charge in [-0.2, -0.15) is 0 Å². The number of aromatic nitrogens is 1. The van der Waals surface area contributed by atoms with Gasteiger partial charge < -0.3 is 5.32 Å². The zero-order valence-corrected chi connectivity index (χ0v) is 14.6. The molecular weight excluding hydrogens is 296 g/mol. The van der Waals surface area contributed by atoms with E-state index < -0.39 is 0 Å². The van der Waals surface area contributed by atoms with Crippen LogP contribution in [0, 0.1) is 5.41 Å². The van der Waals surface area contributed by atoms with Crippen LogP contribution < -0.4 is 5.32 Å². The van der Waals surface area contributed by atoms with Crippen molar-refractivity contribution >= 4 is 5.91 Å². The molecule has 1 amide bonds. The third-order valence-electron chi connectivity index (χ3n) is 5.55. The minimum absolute atomic E-state index is 0.00957. The first-order valence-corrected chi connectivity index (χ1v) is 8.74. The van der Waals surface area contributed by atoms with Gasteiger partial charge in [-0.15, -0.1) is 0 Å². The monoisotopic (exact) mass is 320 g/mol. The third kappa shape index (κ3) is 2.52. The molecule has 2 aliphatic rings. The number of carbonyl (C=O) groups is 1. The maximum Gasteiger partial charge on any atom is 0.270 e. The van der Waals surface area contributed by atoms with Crippen LogP contribution in [0.3, 0.4) is 0 Å². The molecule has 24 heavy (non-hydrogen) atoms. The van der Waals surface area contributed by atoms with E-state index in [0.717, 1.165) is 12.0 Å². The summed E-state index contributed by atoms with van der Waals surface area (Å²) in [6.45, 7) is 6.45. The van der Waals surface area contributed by atoms with Crippen LogP contribution in [0.4, 0.5) is 0 Å². The zero-order chi connectivity index (χ0) is 16.9. The van der Waals surface area contributed by atoms with Gasteiger partial charge in [0.2, 0.25) is 0 Å². The predicted octanol–water partition coefficient (Wildman–Crippen LogP) is 4.19. The second-order valence-corrected chi connectivity index (χ2v) is 8.32. The number of hydrogen-bond donors (Lipinski definition) is 1. The highest BCUT2D eigenvalue weighted by molar-refractivity contribution is 5.93. The fourth-order valence-corrected chi connectivity index (χ4v) is 3.87. The Hall–Kier alpha value is -2.16. The lowest BCUT2D eigenvalue weighted by Crippen LogP contribution is -2.33. The van der Waals surface area contributed by atoms with Gasteiger partial charge in [-0.3, -0.25) is 9.78 Å². The largest absolute Gasteiger partial charge is 0.343 e. The van der Waals surface area contributed by atoms with Gasteiger partial charge in [0.15, 0.2) is 0 Å². The van der Waals surface area contributed by atoms with Gasteiger partial charge >= 0.3 is 0 Å². The molecule has 3 heteroatoms. The van der Waals surface area contributed by atoms with E-state index in [2.05, 4.69) is 55.3 Å². The fourth-order valence-electron chi connectivity index (χ4n) is 3.87. The third-order valence-corrected chi connectivity index (χ3v) is 5.55. The Labute approximate surface area is 143 Å². The van der Waals surface area contributed by atoms with Crippen LogP contribution in [0.15, 0.2) is 42.6 Å². The van der Waals surface area contributed by atoms with E-state index in [1.165, 1.54) is 24.0 Å². The van der Waals surface area contributed by atoms with E-state index in [1.54, 1.807) is 6.20 Å². The van der Waals surface area contributed by atoms with Crippen molar-refractivity contribution in [2.75, 3.05) is 0 Å². The predicted molar refractivity (Wildman–Crippen MR) is 95.0 cm³/mol. The van der Waals surface area contributed by atoms with E-state index in [9.17, 15) is 4.79 Å². The average Bonchev–Trinajstić information content (AvgIpc) is 3.25. The number of fused-ring (bicyclic) bond motifs is 1. The van der Waals surface area contributed by atoms with Gasteiger partial charge in [-0.05, 0) is 58.9 Å². The molecule has 1 heterocycles. The van der Waals surface area contributed by atoms with Gasteiger partial charge in [0, 0.05) is 6.20 Å². The topological polar surface area (TPSA) is 42.0 Å². The molecule has 124 valence electrons. The summed E-state index contributed by atoms with van der Waals surface area (Å²) < 4.78 is 0. The van der Waals surface area contributed by atoms with Gasteiger partial charge in [0.1, 0.15) is 5.69 Å². The maximum absolute atomic E-state index is 12.8. The number of carbonyl (C=O) groups excluding carboxylic acids is 1. The molecule has 1 unspecified atom stereocenters. The number of rotatable bonds is 2. The van der Waals surface area contributed by atoms with Crippen molar-refractivity contribution in [3.8, 4) is 0 Å². The summed E-state index contributed by atoms with van der Waals surface area (Å²) in [5, 5.41) is 3.28. The summed E-state index contributed by atoms with van der Waals surface area (Å²) in [6.07, 6.45) is 5.22. The summed E-state index contributed by atoms with van der Waals surface area (Å²) in [5.74, 6) is -0.0610. The Balaban J connectivity index is 1.61. The van der Waals surface area contributed by atoms with Crippen LogP contribution in [0.2, 0.25) is 0 Å². The molecule has 1 aromatic heterocycles. The first-order valence-electron chi connectivity index (χ1n) is 8.74. The summed E-state index contributed by atoms with van der Waals surface area (Å²) in [7, 11) is 0. The molecule has 2 aromatic rings. The number of amides is 1. The Morgan fingerprint density at radius 3 is 2.67 bits per heavy atom. The minimum atomic E-state index is -0.0610. The first kappa shape index (κ1) is 15.4. The number of nitrogens with one attached hydrogen (secondary N) is 1. The Kier molecular flexibility index (Phi) is 3.31. The van der Waals surface area contributed by atoms with Crippen LogP contribution in [0.25, 0.3) is 0 Å². The molecule has 0 aliphatic heterocycles. The van der Waals surface area contributed by atoms with Crippen LogP contribution >= 0.6 is 0 Å². The molecule has 2 aliphatic carbocycles. The van der Waals surface area contributed by atoms with Crippen molar-refractivity contribution in [1.82, 2.24) is 10.3 Å². The lowest BCUT2D eigenvalue weighted by Gasteiger charge is -2.22. The second-order valence-electron chi connectivity index (χ2n) is 8.32. The van der Waals surface area contributed by atoms with Crippen molar-refractivity contribution in [3.63, 3.8) is 0 Å². The van der Waals surface area contributed by atoms with Crippen LogP contribution in [-0.2, 0) is 11.8 Å². The summed E-state index contributed by atoms with van der Waals surface area (Å²) in [4.78, 5) is 17.1. The fraction of sp³-hybridized carbons (Fsp3) is 0.429. The highest BCUT2D eigenvalue weighted by Gasteiger charge is 2.54. The minimum Gasteiger partial charge on any atom is -0.343 e. The molecule has 1 fully saturated rings. The number of hydrogen-bond acceptors (Lipinski definition) is 2. The molecule has 1 aromatic carbocycles. The Morgan fingerprint density at radius 1 is 1.21 bits per heavy atom. The summed E-state index contributed by atoms with van der Waals surface area (Å²) in [6, 6.07) is 12.6. The van der Waals surface area contributed by atoms with E-state index in [1.807, 2.05) is 12.1 Å². The van der Waals surface area contributed by atoms with E-state index in [4.69, 9.17) is 0 Å². The van der Waals surface area contributed by atoms with Gasteiger partial charge in [0.05, 0.1) is 6.04 Å². The molecular formula is C21H24N2O. The number of benzene rings is 1. The highest BCUT2D eigenvalue weighted by atomic mass is 16.2. The van der Waals surface area contributed by atoms with Crippen LogP contribution in [0.5, 0.6) is 0 Å². The molecule has 0 bridgehead atoms. The lowest BCUT2D eigenvalue weighted by atomic mass is 9.87. The van der Waals surface area contributed by atoms with E-state index in [-0.39, 0.29) is 22.8 Å². The van der Waals surface area contributed by atoms with Crippen molar-refractivity contribution in [3.05, 3.63) is 65.0 Å². The van der Waals surface area contributed by atoms with Crippen molar-refractivity contribution in [1.29, 1.82) is 0 Å². The molecule has 1 saturated carbocycles. The van der Waals surface area contributed by atoms with Crippen LogP contribution in [-0.4, -0.2) is 10.9 Å². The van der Waals surface area contributed by atoms with Crippen molar-refractivity contribution in [2.45, 2.75) is 51.5 Å². The SMILES string of the molecule is CC(C)(C)c1ccnc(C(=O)NC2c3ccccc3CC23CC3)c1. The van der Waals surface area contributed by atoms with E-state index in [0.29, 0.717) is 5.69 Å². The molecule has 3 nitrogen and oxygen atoms in total. The molecule has 1 spiro atoms. The van der Waals surface area contributed by atoms with Gasteiger partial charge in [0.25, 0.3) is 5.91 Å². The molecule has 0 radical (unpaired) electrons. The first-order chi connectivity index (χ1) is 11.4. The molecule has 4 rings (SSSR count). The van der Waals surface area contributed by atoms with Crippen molar-refractivity contribution < 1.29 is 4.79 Å². The molecule has 0 saturated heterocycles. The summed E-state index contributed by atoms with van der Waals surface area (Å²) in [5.41, 5.74) is 4.58. The number of nitrogens with zero attached hydrogens (tertiary/aromatic N) is 1. The Morgan fingerprint density at radius 2 is 1.96 bits per heavy atom. The highest BCUT2D eigenvalue weighted by Crippen LogP contribution is 2.61. The standard InChI is InChI=1S/C21H24N2O/c1-20(2,3)15-8-11-22-17(12-15)19(24)23-18-16-7-5-4-6-14(16)13-21(18)9-10-21/h4-8,11-12,18H,9-10,13H2,1-3H3,(H,23,24). The smallest absolute Gasteiger partial charge is 0.270 e. The molecule has 1 atom stereocenters. The van der Waals surface area contributed by atoms with Gasteiger partial charge in [-0.25, -0.2) is 0 Å². The second kappa shape index (κ2) is 5.17.